The minimum atomic E-state index is -1.73. The van der Waals surface area contributed by atoms with Gasteiger partial charge in [-0.25, -0.2) is 0 Å². The number of phenols is 1. The maximum absolute atomic E-state index is 13.2. The third kappa shape index (κ3) is 5.34. The fourth-order valence-corrected chi connectivity index (χ4v) is 5.22. The van der Waals surface area contributed by atoms with E-state index >= 15 is 0 Å². The van der Waals surface area contributed by atoms with E-state index in [0.29, 0.717) is 5.56 Å². The molecule has 10 unspecified atom stereocenters. The lowest BCUT2D eigenvalue weighted by Crippen LogP contribution is -2.62. The van der Waals surface area contributed by atoms with Gasteiger partial charge in [0.15, 0.2) is 17.8 Å². The third-order valence-corrected chi connectivity index (χ3v) is 7.74. The molecular weight excluding hydrogens is 592 g/mol. The van der Waals surface area contributed by atoms with Crippen LogP contribution in [0.15, 0.2) is 45.8 Å². The molecule has 0 spiro atoms. The molecule has 0 amide bonds. The Labute approximate surface area is 247 Å². The molecule has 0 bridgehead atoms. The Morgan fingerprint density at radius 3 is 2.18 bits per heavy atom. The van der Waals surface area contributed by atoms with Crippen molar-refractivity contribution in [3.8, 4) is 34.1 Å². The molecule has 2 aromatic carbocycles. The van der Waals surface area contributed by atoms with E-state index in [1.807, 2.05) is 0 Å². The number of aliphatic hydroxyl groups is 7. The quantitative estimate of drug-likeness (QED) is 0.141. The number of aliphatic hydroxyl groups excluding tert-OH is 7. The van der Waals surface area contributed by atoms with E-state index in [1.54, 1.807) is 0 Å². The number of hydrogen-bond acceptors (Lipinski definition) is 16. The van der Waals surface area contributed by atoms with Crippen molar-refractivity contribution in [2.24, 2.45) is 0 Å². The highest BCUT2D eigenvalue weighted by atomic mass is 16.7. The van der Waals surface area contributed by atoms with Crippen LogP contribution >= 0.6 is 0 Å². The van der Waals surface area contributed by atoms with Crippen LogP contribution in [0.4, 0.5) is 0 Å². The lowest BCUT2D eigenvalue weighted by Gasteiger charge is -2.42. The minimum absolute atomic E-state index is 0.0425. The van der Waals surface area contributed by atoms with Crippen LogP contribution in [0.1, 0.15) is 0 Å². The second-order valence-corrected chi connectivity index (χ2v) is 10.5. The normalized spacial score (nSPS) is 33.4. The van der Waals surface area contributed by atoms with Crippen molar-refractivity contribution in [3.63, 3.8) is 0 Å². The van der Waals surface area contributed by atoms with Gasteiger partial charge in [-0.05, 0) is 17.7 Å². The molecule has 3 aliphatic rings. The van der Waals surface area contributed by atoms with Crippen LogP contribution in [0, 0.1) is 0 Å². The van der Waals surface area contributed by atoms with Gasteiger partial charge in [0.1, 0.15) is 71.8 Å². The second kappa shape index (κ2) is 12.1. The number of ether oxygens (including phenoxy) is 6. The van der Waals surface area contributed by atoms with Gasteiger partial charge in [0, 0.05) is 6.07 Å². The average Bonchev–Trinajstić information content (AvgIpc) is 3.50. The van der Waals surface area contributed by atoms with Crippen molar-refractivity contribution in [2.75, 3.05) is 20.0 Å². The predicted octanol–water partition coefficient (Wildman–Crippen LogP) is -2.10. The van der Waals surface area contributed by atoms with Crippen LogP contribution in [0.25, 0.3) is 22.1 Å². The number of fused-ring (bicyclic) bond motifs is 2. The van der Waals surface area contributed by atoms with Crippen LogP contribution in [-0.4, -0.2) is 122 Å². The first kappa shape index (κ1) is 30.5. The Balaban J connectivity index is 1.15. The summed E-state index contributed by atoms with van der Waals surface area (Å²) in [5, 5.41) is 81.2. The summed E-state index contributed by atoms with van der Waals surface area (Å²) in [6.07, 6.45) is -14.4. The van der Waals surface area contributed by atoms with Crippen molar-refractivity contribution >= 4 is 11.0 Å². The van der Waals surface area contributed by atoms with E-state index in [2.05, 4.69) is 0 Å². The summed E-state index contributed by atoms with van der Waals surface area (Å²) in [6.45, 7) is -1.30. The first-order valence-electron chi connectivity index (χ1n) is 13.5. The Hall–Kier alpha value is -3.55. The summed E-state index contributed by atoms with van der Waals surface area (Å²) < 4.78 is 38.1. The zero-order valence-corrected chi connectivity index (χ0v) is 22.7. The van der Waals surface area contributed by atoms with Crippen LogP contribution in [-0.2, 0) is 14.2 Å². The standard InChI is InChI=1S/C28H30O16/c29-6-15-19(31)22(34)24(36)27(43-15)39-8-16-20(32)23(35)25(37)28(44-16)42-11-3-1-10(2-4-11)12-7-38-13-5-14-26(41-9-40-14)21(33)17(13)18(12)30/h1-5,7,15-16,19-20,22-25,27-29,31-37H,6,8-9H2. The molecule has 3 aliphatic heterocycles. The summed E-state index contributed by atoms with van der Waals surface area (Å²) in [5.41, 5.74) is 0.100. The molecule has 16 nitrogen and oxygen atoms in total. The topological polar surface area (TPSA) is 247 Å². The van der Waals surface area contributed by atoms with E-state index in [0.717, 1.165) is 0 Å². The number of aromatic hydroxyl groups is 1. The second-order valence-electron chi connectivity index (χ2n) is 10.5. The van der Waals surface area contributed by atoms with Crippen molar-refractivity contribution in [3.05, 3.63) is 46.8 Å². The van der Waals surface area contributed by atoms with Gasteiger partial charge in [-0.3, -0.25) is 4.79 Å². The predicted molar refractivity (Wildman–Crippen MR) is 143 cm³/mol. The fraction of sp³-hybridized carbons (Fsp3) is 0.464. The maximum atomic E-state index is 13.2. The Morgan fingerprint density at radius 1 is 0.818 bits per heavy atom. The van der Waals surface area contributed by atoms with Gasteiger partial charge in [0.25, 0.3) is 0 Å². The van der Waals surface area contributed by atoms with Crippen LogP contribution < -0.4 is 19.6 Å². The Kier molecular flexibility index (Phi) is 8.38. The zero-order chi connectivity index (χ0) is 31.3. The number of rotatable bonds is 7. The molecular formula is C28H30O16. The molecule has 0 saturated carbocycles. The molecule has 3 aromatic rings. The average molecular weight is 623 g/mol. The van der Waals surface area contributed by atoms with Gasteiger partial charge < -0.3 is 73.7 Å². The van der Waals surface area contributed by atoms with E-state index < -0.39 is 85.8 Å². The summed E-state index contributed by atoms with van der Waals surface area (Å²) >= 11 is 0. The highest BCUT2D eigenvalue weighted by Gasteiger charge is 2.48. The Morgan fingerprint density at radius 2 is 1.48 bits per heavy atom. The molecule has 44 heavy (non-hydrogen) atoms. The Bertz CT molecular complexity index is 1540. The monoisotopic (exact) mass is 622 g/mol. The lowest BCUT2D eigenvalue weighted by atomic mass is 9.98. The molecule has 238 valence electrons. The SMILES string of the molecule is O=c1c(-c2ccc(OC3OC(COC4OC(CO)C(O)C(O)C4O)C(O)C(O)C3O)cc2)coc2cc3c(c(O)c12)OCO3. The summed E-state index contributed by atoms with van der Waals surface area (Å²) in [4.78, 5) is 13.2. The van der Waals surface area contributed by atoms with Crippen molar-refractivity contribution in [1.82, 2.24) is 0 Å². The molecule has 6 rings (SSSR count). The number of benzene rings is 2. The van der Waals surface area contributed by atoms with Crippen molar-refractivity contribution in [1.29, 1.82) is 0 Å². The summed E-state index contributed by atoms with van der Waals surface area (Å²) in [6, 6.07) is 7.37. The van der Waals surface area contributed by atoms with Gasteiger partial charge in [-0.1, -0.05) is 12.1 Å². The molecule has 0 aliphatic carbocycles. The van der Waals surface area contributed by atoms with Crippen molar-refractivity contribution in [2.45, 2.75) is 61.4 Å². The van der Waals surface area contributed by atoms with E-state index in [9.17, 15) is 45.6 Å². The number of phenolic OH excluding ortho intramolecular Hbond substituents is 1. The smallest absolute Gasteiger partial charge is 0.231 e. The molecule has 0 radical (unpaired) electrons. The van der Waals surface area contributed by atoms with E-state index in [-0.39, 0.29) is 40.6 Å². The molecule has 8 N–H and O–H groups in total. The molecule has 4 heterocycles. The lowest BCUT2D eigenvalue weighted by molar-refractivity contribution is -0.323. The fourth-order valence-electron chi connectivity index (χ4n) is 5.22. The van der Waals surface area contributed by atoms with Gasteiger partial charge in [0.05, 0.1) is 18.8 Å². The molecule has 2 fully saturated rings. The largest absolute Gasteiger partial charge is 0.504 e. The summed E-state index contributed by atoms with van der Waals surface area (Å²) in [7, 11) is 0. The van der Waals surface area contributed by atoms with Crippen molar-refractivity contribution < 1.29 is 73.7 Å². The van der Waals surface area contributed by atoms with E-state index in [1.165, 1.54) is 36.6 Å². The molecule has 2 saturated heterocycles. The van der Waals surface area contributed by atoms with Crippen LogP contribution in [0.2, 0.25) is 0 Å². The highest BCUT2D eigenvalue weighted by Crippen LogP contribution is 2.44. The first-order chi connectivity index (χ1) is 21.1. The molecule has 10 atom stereocenters. The van der Waals surface area contributed by atoms with Gasteiger partial charge in [-0.15, -0.1) is 0 Å². The molecule has 1 aromatic heterocycles. The highest BCUT2D eigenvalue weighted by molar-refractivity contribution is 5.91. The maximum Gasteiger partial charge on any atom is 0.231 e. The van der Waals surface area contributed by atoms with Crippen LogP contribution in [0.5, 0.6) is 23.0 Å². The van der Waals surface area contributed by atoms with Gasteiger partial charge in [-0.2, -0.15) is 0 Å². The third-order valence-electron chi connectivity index (χ3n) is 7.74. The van der Waals surface area contributed by atoms with Crippen LogP contribution in [0.3, 0.4) is 0 Å². The summed E-state index contributed by atoms with van der Waals surface area (Å²) in [5.74, 6) is 0.0342. The first-order valence-corrected chi connectivity index (χ1v) is 13.5. The minimum Gasteiger partial charge on any atom is -0.504 e. The number of hydrogen-bond donors (Lipinski definition) is 8. The van der Waals surface area contributed by atoms with E-state index in [4.69, 9.17) is 32.8 Å². The van der Waals surface area contributed by atoms with Gasteiger partial charge >= 0.3 is 0 Å². The van der Waals surface area contributed by atoms with Gasteiger partial charge in [0.2, 0.25) is 24.3 Å². The zero-order valence-electron chi connectivity index (χ0n) is 22.7. The molecule has 16 heteroatoms.